The standard InChI is InChI=1S/C14H19ClN4S/c1-10(2)16-5-11-4-13(15)14(17-6-11)19(3)7-12-8-20-9-18-12/h4,6,8-10,16H,5,7H2,1-3H3. The highest BCUT2D eigenvalue weighted by Crippen LogP contribution is 2.24. The summed E-state index contributed by atoms with van der Waals surface area (Å²) in [5.74, 6) is 0.785. The van der Waals surface area contributed by atoms with Gasteiger partial charge in [-0.05, 0) is 11.6 Å². The van der Waals surface area contributed by atoms with E-state index in [1.165, 1.54) is 0 Å². The summed E-state index contributed by atoms with van der Waals surface area (Å²) in [5.41, 5.74) is 3.95. The number of thiazole rings is 1. The van der Waals surface area contributed by atoms with Gasteiger partial charge in [0.1, 0.15) is 5.82 Å². The average molecular weight is 311 g/mol. The quantitative estimate of drug-likeness (QED) is 0.888. The van der Waals surface area contributed by atoms with E-state index >= 15 is 0 Å². The fraction of sp³-hybridized carbons (Fsp3) is 0.429. The Bertz CT molecular complexity index is 542. The van der Waals surface area contributed by atoms with E-state index in [1.54, 1.807) is 11.3 Å². The number of anilines is 1. The van der Waals surface area contributed by atoms with Gasteiger partial charge in [-0.3, -0.25) is 0 Å². The maximum Gasteiger partial charge on any atom is 0.147 e. The molecule has 20 heavy (non-hydrogen) atoms. The van der Waals surface area contributed by atoms with E-state index in [1.807, 2.05) is 35.1 Å². The second-order valence-electron chi connectivity index (χ2n) is 5.02. The van der Waals surface area contributed by atoms with Gasteiger partial charge in [-0.2, -0.15) is 0 Å². The van der Waals surface area contributed by atoms with Crippen LogP contribution in [-0.2, 0) is 13.1 Å². The predicted molar refractivity (Wildman–Crippen MR) is 85.4 cm³/mol. The van der Waals surface area contributed by atoms with Crippen LogP contribution in [0.1, 0.15) is 25.1 Å². The minimum Gasteiger partial charge on any atom is -0.353 e. The Balaban J connectivity index is 2.05. The van der Waals surface area contributed by atoms with Crippen LogP contribution in [0.4, 0.5) is 5.82 Å². The van der Waals surface area contributed by atoms with Gasteiger partial charge in [-0.1, -0.05) is 25.4 Å². The Morgan fingerprint density at radius 2 is 2.20 bits per heavy atom. The number of aromatic nitrogens is 2. The van der Waals surface area contributed by atoms with E-state index < -0.39 is 0 Å². The molecule has 4 nitrogen and oxygen atoms in total. The van der Waals surface area contributed by atoms with Crippen molar-refractivity contribution < 1.29 is 0 Å². The van der Waals surface area contributed by atoms with E-state index in [0.717, 1.165) is 23.6 Å². The van der Waals surface area contributed by atoms with Gasteiger partial charge in [0.15, 0.2) is 0 Å². The molecule has 2 rings (SSSR count). The Morgan fingerprint density at radius 3 is 2.80 bits per heavy atom. The Kier molecular flexibility index (Phi) is 5.34. The number of hydrogen-bond acceptors (Lipinski definition) is 5. The third-order valence-corrected chi connectivity index (χ3v) is 3.75. The lowest BCUT2D eigenvalue weighted by molar-refractivity contribution is 0.588. The number of halogens is 1. The molecular weight excluding hydrogens is 292 g/mol. The monoisotopic (exact) mass is 310 g/mol. The number of hydrogen-bond donors (Lipinski definition) is 1. The van der Waals surface area contributed by atoms with Gasteiger partial charge in [0.25, 0.3) is 0 Å². The lowest BCUT2D eigenvalue weighted by atomic mass is 10.2. The molecule has 2 aromatic rings. The molecule has 2 aromatic heterocycles. The maximum absolute atomic E-state index is 6.33. The summed E-state index contributed by atoms with van der Waals surface area (Å²) in [7, 11) is 1.97. The number of nitrogens with zero attached hydrogens (tertiary/aromatic N) is 3. The van der Waals surface area contributed by atoms with Gasteiger partial charge < -0.3 is 10.2 Å². The first-order valence-corrected chi connectivity index (χ1v) is 7.84. The van der Waals surface area contributed by atoms with E-state index in [0.29, 0.717) is 17.6 Å². The fourth-order valence-corrected chi connectivity index (χ4v) is 2.69. The Labute approximate surface area is 128 Å². The molecule has 0 aliphatic carbocycles. The predicted octanol–water partition coefficient (Wildman–Crippen LogP) is 3.33. The number of pyridine rings is 1. The van der Waals surface area contributed by atoms with Crippen molar-refractivity contribution in [2.75, 3.05) is 11.9 Å². The van der Waals surface area contributed by atoms with Crippen LogP contribution in [-0.4, -0.2) is 23.1 Å². The minimum atomic E-state index is 0.445. The number of nitrogens with one attached hydrogen (secondary N) is 1. The van der Waals surface area contributed by atoms with Crippen molar-refractivity contribution in [3.05, 3.63) is 39.4 Å². The molecule has 0 unspecified atom stereocenters. The molecule has 0 saturated carbocycles. The Hall–Kier alpha value is -1.17. The second-order valence-corrected chi connectivity index (χ2v) is 6.15. The summed E-state index contributed by atoms with van der Waals surface area (Å²) >= 11 is 7.92. The molecular formula is C14H19ClN4S. The van der Waals surface area contributed by atoms with Crippen LogP contribution >= 0.6 is 22.9 Å². The summed E-state index contributed by atoms with van der Waals surface area (Å²) in [6.07, 6.45) is 1.87. The topological polar surface area (TPSA) is 41.1 Å². The third kappa shape index (κ3) is 4.16. The van der Waals surface area contributed by atoms with Crippen LogP contribution in [0.5, 0.6) is 0 Å². The van der Waals surface area contributed by atoms with Crippen molar-refractivity contribution in [3.8, 4) is 0 Å². The molecule has 2 heterocycles. The zero-order valence-corrected chi connectivity index (χ0v) is 13.5. The molecule has 0 radical (unpaired) electrons. The molecule has 0 aromatic carbocycles. The van der Waals surface area contributed by atoms with Gasteiger partial charge in [-0.15, -0.1) is 11.3 Å². The lowest BCUT2D eigenvalue weighted by Crippen LogP contribution is -2.22. The molecule has 0 spiro atoms. The molecule has 6 heteroatoms. The van der Waals surface area contributed by atoms with Crippen LogP contribution < -0.4 is 10.2 Å². The first-order chi connectivity index (χ1) is 9.56. The van der Waals surface area contributed by atoms with Crippen LogP contribution in [0.15, 0.2) is 23.2 Å². The van der Waals surface area contributed by atoms with Crippen molar-refractivity contribution in [1.29, 1.82) is 0 Å². The first kappa shape index (κ1) is 15.2. The van der Waals surface area contributed by atoms with Crippen molar-refractivity contribution in [2.45, 2.75) is 33.0 Å². The summed E-state index contributed by atoms with van der Waals surface area (Å²) in [5, 5.41) is 6.06. The average Bonchev–Trinajstić information content (AvgIpc) is 2.89. The molecule has 0 aliphatic rings. The summed E-state index contributed by atoms with van der Waals surface area (Å²) in [4.78, 5) is 10.8. The van der Waals surface area contributed by atoms with Gasteiger partial charge in [0, 0.05) is 31.2 Å². The summed E-state index contributed by atoms with van der Waals surface area (Å²) < 4.78 is 0. The normalized spacial score (nSPS) is 11.1. The summed E-state index contributed by atoms with van der Waals surface area (Å²) in [6, 6.07) is 2.41. The van der Waals surface area contributed by atoms with Crippen molar-refractivity contribution in [3.63, 3.8) is 0 Å². The number of rotatable bonds is 6. The SMILES string of the molecule is CC(C)NCc1cnc(N(C)Cc2cscn2)c(Cl)c1. The fourth-order valence-electron chi connectivity index (χ4n) is 1.80. The van der Waals surface area contributed by atoms with E-state index in [2.05, 4.69) is 29.1 Å². The molecule has 0 aliphatic heterocycles. The first-order valence-electron chi connectivity index (χ1n) is 6.52. The molecule has 0 atom stereocenters. The highest BCUT2D eigenvalue weighted by molar-refractivity contribution is 7.07. The van der Waals surface area contributed by atoms with E-state index in [4.69, 9.17) is 11.6 Å². The zero-order valence-electron chi connectivity index (χ0n) is 11.9. The minimum absolute atomic E-state index is 0.445. The summed E-state index contributed by atoms with van der Waals surface area (Å²) in [6.45, 7) is 5.72. The van der Waals surface area contributed by atoms with Crippen molar-refractivity contribution >= 4 is 28.8 Å². The van der Waals surface area contributed by atoms with Crippen LogP contribution in [0, 0.1) is 0 Å². The van der Waals surface area contributed by atoms with E-state index in [9.17, 15) is 0 Å². The second kappa shape index (κ2) is 7.02. The van der Waals surface area contributed by atoms with Gasteiger partial charge in [-0.25, -0.2) is 9.97 Å². The van der Waals surface area contributed by atoms with Crippen LogP contribution in [0.3, 0.4) is 0 Å². The molecule has 0 bridgehead atoms. The molecule has 1 N–H and O–H groups in total. The van der Waals surface area contributed by atoms with Gasteiger partial charge >= 0.3 is 0 Å². The van der Waals surface area contributed by atoms with Gasteiger partial charge in [0.05, 0.1) is 22.8 Å². The lowest BCUT2D eigenvalue weighted by Gasteiger charge is -2.19. The smallest absolute Gasteiger partial charge is 0.147 e. The van der Waals surface area contributed by atoms with Gasteiger partial charge in [0.2, 0.25) is 0 Å². The molecule has 0 saturated heterocycles. The zero-order chi connectivity index (χ0) is 14.5. The molecule has 0 fully saturated rings. The molecule has 108 valence electrons. The highest BCUT2D eigenvalue weighted by atomic mass is 35.5. The highest BCUT2D eigenvalue weighted by Gasteiger charge is 2.10. The molecule has 0 amide bonds. The van der Waals surface area contributed by atoms with E-state index in [-0.39, 0.29) is 0 Å². The maximum atomic E-state index is 6.33. The van der Waals surface area contributed by atoms with Crippen molar-refractivity contribution in [2.24, 2.45) is 0 Å². The van der Waals surface area contributed by atoms with Crippen LogP contribution in [0.2, 0.25) is 5.02 Å². The third-order valence-electron chi connectivity index (χ3n) is 2.84. The van der Waals surface area contributed by atoms with Crippen LogP contribution in [0.25, 0.3) is 0 Å². The largest absolute Gasteiger partial charge is 0.353 e. The van der Waals surface area contributed by atoms with Crippen molar-refractivity contribution in [1.82, 2.24) is 15.3 Å². The Morgan fingerprint density at radius 1 is 1.40 bits per heavy atom.